The Bertz CT molecular complexity index is 196. The molecule has 0 amide bonds. The molecule has 0 N–H and O–H groups in total. The number of carbonyl (C=O) groups excluding carboxylic acids is 1. The van der Waals surface area contributed by atoms with Gasteiger partial charge in [-0.2, -0.15) is 0 Å². The highest BCUT2D eigenvalue weighted by Crippen LogP contribution is 2.30. The maximum absolute atomic E-state index is 11.6. The Morgan fingerprint density at radius 3 is 2.50 bits per heavy atom. The van der Waals surface area contributed by atoms with Crippen LogP contribution in [0.4, 0.5) is 0 Å². The summed E-state index contributed by atoms with van der Waals surface area (Å²) in [6, 6.07) is 0. The second kappa shape index (κ2) is 5.84. The smallest absolute Gasteiger partial charge is 0.316 e. The van der Waals surface area contributed by atoms with E-state index in [-0.39, 0.29) is 11.4 Å². The number of carbonyl (C=O) groups is 1. The molecule has 1 unspecified atom stereocenters. The average Bonchev–Trinajstić information content (AvgIpc) is 2.14. The van der Waals surface area contributed by atoms with Crippen LogP contribution >= 0.6 is 0 Å². The summed E-state index contributed by atoms with van der Waals surface area (Å²) >= 11 is 0. The fourth-order valence-electron chi connectivity index (χ4n) is 1.25. The Kier molecular flexibility index (Phi) is 5.51. The van der Waals surface area contributed by atoms with Crippen LogP contribution < -0.4 is 0 Å². The summed E-state index contributed by atoms with van der Waals surface area (Å²) < 4.78 is 4.86. The van der Waals surface area contributed by atoms with Gasteiger partial charge in [0.25, 0.3) is 0 Å². The van der Waals surface area contributed by atoms with E-state index in [0.29, 0.717) is 5.92 Å². The molecule has 0 rings (SSSR count). The van der Waals surface area contributed by atoms with Crippen molar-refractivity contribution in [3.63, 3.8) is 0 Å². The van der Waals surface area contributed by atoms with Gasteiger partial charge in [0.2, 0.25) is 0 Å². The van der Waals surface area contributed by atoms with Crippen molar-refractivity contribution in [1.29, 1.82) is 0 Å². The maximum atomic E-state index is 11.6. The van der Waals surface area contributed by atoms with E-state index in [2.05, 4.69) is 20.4 Å². The summed E-state index contributed by atoms with van der Waals surface area (Å²) in [5.74, 6) is 0.466. The topological polar surface area (TPSA) is 26.3 Å². The fraction of sp³-hybridized carbons (Fsp3) is 0.750. The highest BCUT2D eigenvalue weighted by atomic mass is 16.5. The molecule has 0 aliphatic carbocycles. The minimum absolute atomic E-state index is 0.157. The molecule has 82 valence electrons. The predicted octanol–water partition coefficient (Wildman–Crippen LogP) is 3.53. The van der Waals surface area contributed by atoms with Gasteiger partial charge in [0.05, 0.1) is 11.7 Å². The van der Waals surface area contributed by atoms with Crippen molar-refractivity contribution in [3.8, 4) is 0 Å². The maximum Gasteiger partial charge on any atom is 0.316 e. The minimum atomic E-state index is -0.349. The number of esters is 1. The lowest BCUT2D eigenvalue weighted by Gasteiger charge is -2.25. The number of ether oxygens (including phenoxy) is 1. The zero-order valence-corrected chi connectivity index (χ0v) is 9.80. The fourth-order valence-corrected chi connectivity index (χ4v) is 1.25. The average molecular weight is 198 g/mol. The van der Waals surface area contributed by atoms with Crippen LogP contribution in [-0.2, 0) is 9.53 Å². The first-order chi connectivity index (χ1) is 6.46. The molecular formula is C12H22O2. The molecule has 0 aromatic heterocycles. The predicted molar refractivity (Wildman–Crippen MR) is 58.8 cm³/mol. The Morgan fingerprint density at radius 2 is 2.14 bits per heavy atom. The molecular weight excluding hydrogens is 176 g/mol. The molecule has 0 aliphatic rings. The molecule has 0 fully saturated rings. The monoisotopic (exact) mass is 198 g/mol. The van der Waals surface area contributed by atoms with E-state index >= 15 is 0 Å². The van der Waals surface area contributed by atoms with Crippen LogP contribution in [0.3, 0.4) is 0 Å². The van der Waals surface area contributed by atoms with Crippen molar-refractivity contribution in [3.05, 3.63) is 12.8 Å². The van der Waals surface area contributed by atoms with Crippen LogP contribution in [0.25, 0.3) is 0 Å². The molecule has 0 aliphatic heterocycles. The van der Waals surface area contributed by atoms with Gasteiger partial charge in [-0.25, -0.2) is 0 Å². The van der Waals surface area contributed by atoms with Crippen LogP contribution in [0.2, 0.25) is 0 Å². The van der Waals surface area contributed by atoms with Gasteiger partial charge in [0, 0.05) is 0 Å². The third kappa shape index (κ3) is 3.95. The first-order valence-corrected chi connectivity index (χ1v) is 5.28. The standard InChI is InChI=1S/C12H22O2/c1-6-12(5,9-8-10(3)4)11(13)14-7-2/h7,10H,2,6,8-9H2,1,3-5H3. The Hall–Kier alpha value is -0.790. The molecule has 2 heteroatoms. The first kappa shape index (κ1) is 13.2. The molecule has 14 heavy (non-hydrogen) atoms. The number of hydrogen-bond acceptors (Lipinski definition) is 2. The molecule has 2 nitrogen and oxygen atoms in total. The first-order valence-electron chi connectivity index (χ1n) is 5.28. The summed E-state index contributed by atoms with van der Waals surface area (Å²) in [7, 11) is 0. The molecule has 0 aromatic rings. The lowest BCUT2D eigenvalue weighted by atomic mass is 9.81. The molecule has 0 radical (unpaired) electrons. The molecule has 0 spiro atoms. The Labute approximate surface area is 87.3 Å². The van der Waals surface area contributed by atoms with Gasteiger partial charge in [-0.3, -0.25) is 4.79 Å². The summed E-state index contributed by atoms with van der Waals surface area (Å²) in [5.41, 5.74) is -0.349. The van der Waals surface area contributed by atoms with Crippen molar-refractivity contribution >= 4 is 5.97 Å². The Morgan fingerprint density at radius 1 is 1.57 bits per heavy atom. The second-order valence-corrected chi connectivity index (χ2v) is 4.42. The van der Waals surface area contributed by atoms with E-state index in [0.717, 1.165) is 19.3 Å². The highest BCUT2D eigenvalue weighted by Gasteiger charge is 2.32. The van der Waals surface area contributed by atoms with E-state index in [9.17, 15) is 4.79 Å². The van der Waals surface area contributed by atoms with E-state index in [1.54, 1.807) is 0 Å². The van der Waals surface area contributed by atoms with Crippen LogP contribution in [0.15, 0.2) is 12.8 Å². The SMILES string of the molecule is C=COC(=O)C(C)(CC)CCC(C)C. The molecule has 1 atom stereocenters. The van der Waals surface area contributed by atoms with Gasteiger partial charge in [-0.15, -0.1) is 0 Å². The second-order valence-electron chi connectivity index (χ2n) is 4.42. The van der Waals surface area contributed by atoms with E-state index in [1.165, 1.54) is 6.26 Å². The van der Waals surface area contributed by atoms with Crippen LogP contribution in [-0.4, -0.2) is 5.97 Å². The van der Waals surface area contributed by atoms with Crippen molar-refractivity contribution in [2.75, 3.05) is 0 Å². The van der Waals surface area contributed by atoms with Crippen LogP contribution in [0, 0.1) is 11.3 Å². The largest absolute Gasteiger partial charge is 0.435 e. The van der Waals surface area contributed by atoms with Gasteiger partial charge in [0.15, 0.2) is 0 Å². The van der Waals surface area contributed by atoms with Gasteiger partial charge in [0.1, 0.15) is 0 Å². The quantitative estimate of drug-likeness (QED) is 0.482. The van der Waals surface area contributed by atoms with Crippen molar-refractivity contribution in [2.45, 2.75) is 47.0 Å². The van der Waals surface area contributed by atoms with Gasteiger partial charge < -0.3 is 4.74 Å². The van der Waals surface area contributed by atoms with Gasteiger partial charge >= 0.3 is 5.97 Å². The van der Waals surface area contributed by atoms with E-state index in [1.807, 2.05) is 13.8 Å². The Balaban J connectivity index is 4.30. The molecule has 0 saturated heterocycles. The van der Waals surface area contributed by atoms with Crippen molar-refractivity contribution in [2.24, 2.45) is 11.3 Å². The van der Waals surface area contributed by atoms with Crippen molar-refractivity contribution in [1.82, 2.24) is 0 Å². The van der Waals surface area contributed by atoms with E-state index in [4.69, 9.17) is 4.74 Å². The summed E-state index contributed by atoms with van der Waals surface area (Å²) in [6.07, 6.45) is 3.96. The molecule has 0 heterocycles. The molecule has 0 saturated carbocycles. The zero-order valence-electron chi connectivity index (χ0n) is 9.80. The summed E-state index contributed by atoms with van der Waals surface area (Å²) in [6.45, 7) is 11.7. The number of hydrogen-bond donors (Lipinski definition) is 0. The third-order valence-corrected chi connectivity index (χ3v) is 2.74. The summed E-state index contributed by atoms with van der Waals surface area (Å²) in [5, 5.41) is 0. The molecule has 0 bridgehead atoms. The summed E-state index contributed by atoms with van der Waals surface area (Å²) in [4.78, 5) is 11.6. The van der Waals surface area contributed by atoms with Gasteiger partial charge in [-0.1, -0.05) is 27.4 Å². The van der Waals surface area contributed by atoms with Crippen molar-refractivity contribution < 1.29 is 9.53 Å². The van der Waals surface area contributed by atoms with Gasteiger partial charge in [-0.05, 0) is 32.1 Å². The lowest BCUT2D eigenvalue weighted by Crippen LogP contribution is -2.28. The highest BCUT2D eigenvalue weighted by molar-refractivity contribution is 5.76. The minimum Gasteiger partial charge on any atom is -0.435 e. The van der Waals surface area contributed by atoms with E-state index < -0.39 is 0 Å². The molecule has 0 aromatic carbocycles. The van der Waals surface area contributed by atoms with Crippen LogP contribution in [0.5, 0.6) is 0 Å². The van der Waals surface area contributed by atoms with Crippen LogP contribution in [0.1, 0.15) is 47.0 Å². The normalized spacial score (nSPS) is 14.9. The zero-order chi connectivity index (χ0) is 11.2. The lowest BCUT2D eigenvalue weighted by molar-refractivity contribution is -0.149. The number of rotatable bonds is 6. The third-order valence-electron chi connectivity index (χ3n) is 2.74.